The van der Waals surface area contributed by atoms with Gasteiger partial charge in [0, 0.05) is 6.07 Å². The lowest BCUT2D eigenvalue weighted by Gasteiger charge is -2.05. The lowest BCUT2D eigenvalue weighted by Crippen LogP contribution is -2.19. The van der Waals surface area contributed by atoms with Gasteiger partial charge < -0.3 is 15.4 Å². The number of hydrogen-bond donors (Lipinski definition) is 2. The molecular formula is C11H9BrFN3O3S. The molecule has 3 N–H and O–H groups in total. The topological polar surface area (TPSA) is 98.2 Å². The van der Waals surface area contributed by atoms with Crippen molar-refractivity contribution in [2.75, 3.05) is 5.75 Å². The first-order chi connectivity index (χ1) is 9.38. The van der Waals surface area contributed by atoms with Crippen LogP contribution in [0.1, 0.15) is 0 Å². The molecule has 0 spiro atoms. The number of nitrogens with zero attached hydrogens (tertiary/aromatic N) is 2. The summed E-state index contributed by atoms with van der Waals surface area (Å²) in [5, 5.41) is 9.00. The molecule has 0 aliphatic rings. The smallest absolute Gasteiger partial charge is 0.313 e. The third-order valence-electron chi connectivity index (χ3n) is 2.39. The minimum Gasteiger partial charge on any atom is -0.481 e. The molecule has 0 aliphatic carbocycles. The first kappa shape index (κ1) is 14.8. The Balaban J connectivity index is 2.54. The number of halogens is 2. The van der Waals surface area contributed by atoms with E-state index in [1.165, 1.54) is 16.7 Å². The number of carboxylic acid groups (broad SMARTS) is 1. The predicted molar refractivity (Wildman–Crippen MR) is 74.9 cm³/mol. The van der Waals surface area contributed by atoms with Crippen LogP contribution in [0.5, 0.6) is 0 Å². The number of hydrogen-bond acceptors (Lipinski definition) is 4. The van der Waals surface area contributed by atoms with E-state index in [9.17, 15) is 14.0 Å². The molecule has 0 atom stereocenters. The van der Waals surface area contributed by atoms with Crippen LogP contribution in [0.2, 0.25) is 0 Å². The third kappa shape index (κ3) is 3.10. The van der Waals surface area contributed by atoms with E-state index in [4.69, 9.17) is 10.8 Å². The number of aliphatic carboxylic acids is 1. The molecular weight excluding hydrogens is 353 g/mol. The van der Waals surface area contributed by atoms with Gasteiger partial charge in [-0.25, -0.2) is 9.37 Å². The molecule has 9 heteroatoms. The van der Waals surface area contributed by atoms with Gasteiger partial charge in [0.25, 0.3) is 0 Å². The van der Waals surface area contributed by atoms with E-state index in [1.807, 2.05) is 0 Å². The summed E-state index contributed by atoms with van der Waals surface area (Å²) in [5.74, 6) is -2.35. The number of carboxylic acids is 1. The fourth-order valence-corrected chi connectivity index (χ4v) is 2.71. The first-order valence-corrected chi connectivity index (χ1v) is 7.14. The molecule has 0 radical (unpaired) electrons. The van der Waals surface area contributed by atoms with E-state index in [0.29, 0.717) is 16.2 Å². The fourth-order valence-electron chi connectivity index (χ4n) is 1.64. The zero-order valence-electron chi connectivity index (χ0n) is 9.97. The Kier molecular flexibility index (Phi) is 4.29. The van der Waals surface area contributed by atoms with Gasteiger partial charge >= 0.3 is 5.97 Å². The Morgan fingerprint density at radius 1 is 1.50 bits per heavy atom. The van der Waals surface area contributed by atoms with Gasteiger partial charge in [-0.05, 0) is 22.0 Å². The van der Waals surface area contributed by atoms with E-state index in [2.05, 4.69) is 20.9 Å². The summed E-state index contributed by atoms with van der Waals surface area (Å²) in [6.45, 7) is -0.195. The number of benzene rings is 1. The molecule has 1 heterocycles. The van der Waals surface area contributed by atoms with E-state index in [1.54, 1.807) is 0 Å². The number of primary amides is 1. The van der Waals surface area contributed by atoms with Crippen LogP contribution in [0.15, 0.2) is 21.8 Å². The molecule has 1 aromatic heterocycles. The number of fused-ring (bicyclic) bond motifs is 1. The second-order valence-corrected chi connectivity index (χ2v) is 5.68. The molecule has 1 aromatic carbocycles. The monoisotopic (exact) mass is 361 g/mol. The number of carbonyl (C=O) groups is 2. The second kappa shape index (κ2) is 5.80. The molecule has 20 heavy (non-hydrogen) atoms. The number of amides is 1. The maximum absolute atomic E-state index is 13.6. The van der Waals surface area contributed by atoms with Gasteiger partial charge in [0.05, 0.1) is 21.3 Å². The molecule has 106 valence electrons. The average Bonchev–Trinajstić information content (AvgIpc) is 2.65. The molecule has 2 rings (SSSR count). The van der Waals surface area contributed by atoms with Crippen molar-refractivity contribution in [1.82, 2.24) is 9.55 Å². The molecule has 2 aromatic rings. The second-order valence-electron chi connectivity index (χ2n) is 3.88. The third-order valence-corrected chi connectivity index (χ3v) is 3.96. The van der Waals surface area contributed by atoms with Crippen molar-refractivity contribution in [2.45, 2.75) is 11.7 Å². The number of imidazole rings is 1. The lowest BCUT2D eigenvalue weighted by atomic mass is 10.3. The van der Waals surface area contributed by atoms with E-state index < -0.39 is 17.7 Å². The van der Waals surface area contributed by atoms with Gasteiger partial charge in [0.1, 0.15) is 12.4 Å². The van der Waals surface area contributed by atoms with Crippen molar-refractivity contribution < 1.29 is 19.1 Å². The number of aromatic nitrogens is 2. The van der Waals surface area contributed by atoms with Crippen molar-refractivity contribution in [3.05, 3.63) is 22.4 Å². The number of carbonyl (C=O) groups excluding carboxylic acids is 1. The summed E-state index contributed by atoms with van der Waals surface area (Å²) in [6, 6.07) is 2.69. The lowest BCUT2D eigenvalue weighted by molar-refractivity contribution is -0.133. The minimum absolute atomic E-state index is 0.195. The van der Waals surface area contributed by atoms with Gasteiger partial charge in [-0.3, -0.25) is 9.59 Å². The quantitative estimate of drug-likeness (QED) is 0.788. The van der Waals surface area contributed by atoms with Crippen molar-refractivity contribution in [1.29, 1.82) is 0 Å². The van der Waals surface area contributed by atoms with Crippen LogP contribution >= 0.6 is 27.7 Å². The SMILES string of the molecule is NC(=O)Cn1c(SCC(=O)O)nc2cc(Br)c(F)cc21. The largest absolute Gasteiger partial charge is 0.481 e. The van der Waals surface area contributed by atoms with Gasteiger partial charge in [0.15, 0.2) is 5.16 Å². The van der Waals surface area contributed by atoms with Crippen LogP contribution in [-0.4, -0.2) is 32.3 Å². The van der Waals surface area contributed by atoms with E-state index in [0.717, 1.165) is 11.8 Å². The average molecular weight is 362 g/mol. The fraction of sp³-hybridized carbons (Fsp3) is 0.182. The van der Waals surface area contributed by atoms with E-state index in [-0.39, 0.29) is 16.8 Å². The summed E-state index contributed by atoms with van der Waals surface area (Å²) in [4.78, 5) is 25.9. The van der Waals surface area contributed by atoms with Crippen LogP contribution < -0.4 is 5.73 Å². The zero-order valence-corrected chi connectivity index (χ0v) is 12.4. The normalized spacial score (nSPS) is 10.9. The summed E-state index contributed by atoms with van der Waals surface area (Å²) < 4.78 is 15.2. The predicted octanol–water partition coefficient (Wildman–Crippen LogP) is 1.60. The van der Waals surface area contributed by atoms with Gasteiger partial charge in [-0.2, -0.15) is 0 Å². The molecule has 0 bridgehead atoms. The van der Waals surface area contributed by atoms with Crippen molar-refractivity contribution in [3.8, 4) is 0 Å². The molecule has 0 aliphatic heterocycles. The molecule has 0 unspecified atom stereocenters. The van der Waals surface area contributed by atoms with Gasteiger partial charge in [-0.15, -0.1) is 0 Å². The highest BCUT2D eigenvalue weighted by atomic mass is 79.9. The van der Waals surface area contributed by atoms with Crippen LogP contribution in [0, 0.1) is 5.82 Å². The summed E-state index contributed by atoms with van der Waals surface area (Å²) in [7, 11) is 0. The van der Waals surface area contributed by atoms with Crippen molar-refractivity contribution in [3.63, 3.8) is 0 Å². The van der Waals surface area contributed by atoms with Crippen LogP contribution in [0.4, 0.5) is 4.39 Å². The molecule has 1 amide bonds. The Hall–Kier alpha value is -1.61. The molecule has 0 saturated heterocycles. The maximum Gasteiger partial charge on any atom is 0.313 e. The number of nitrogens with two attached hydrogens (primary N) is 1. The first-order valence-electron chi connectivity index (χ1n) is 5.36. The number of rotatable bonds is 5. The summed E-state index contributed by atoms with van der Waals surface area (Å²) in [6.07, 6.45) is 0. The van der Waals surface area contributed by atoms with Crippen LogP contribution in [0.25, 0.3) is 11.0 Å². The Labute approximate surface area is 125 Å². The Morgan fingerprint density at radius 2 is 2.20 bits per heavy atom. The minimum atomic E-state index is -1.01. The summed E-state index contributed by atoms with van der Waals surface area (Å²) in [5.41, 5.74) is 5.99. The Bertz CT molecular complexity index is 704. The Morgan fingerprint density at radius 3 is 2.80 bits per heavy atom. The number of thioether (sulfide) groups is 1. The van der Waals surface area contributed by atoms with E-state index >= 15 is 0 Å². The van der Waals surface area contributed by atoms with Gasteiger partial charge in [0.2, 0.25) is 5.91 Å². The van der Waals surface area contributed by atoms with Crippen molar-refractivity contribution in [2.24, 2.45) is 5.73 Å². The van der Waals surface area contributed by atoms with Crippen LogP contribution in [0.3, 0.4) is 0 Å². The summed E-state index contributed by atoms with van der Waals surface area (Å²) >= 11 is 3.99. The standard InChI is InChI=1S/C11H9BrFN3O3S/c12-5-1-7-8(2-6(5)13)16(3-9(14)17)11(15-7)20-4-10(18)19/h1-2H,3-4H2,(H2,14,17)(H,18,19). The maximum atomic E-state index is 13.6. The highest BCUT2D eigenvalue weighted by molar-refractivity contribution is 9.10. The zero-order chi connectivity index (χ0) is 14.9. The molecule has 6 nitrogen and oxygen atoms in total. The van der Waals surface area contributed by atoms with Crippen molar-refractivity contribution >= 4 is 50.6 Å². The highest BCUT2D eigenvalue weighted by Crippen LogP contribution is 2.28. The van der Waals surface area contributed by atoms with Crippen LogP contribution in [-0.2, 0) is 16.1 Å². The molecule has 0 fully saturated rings. The highest BCUT2D eigenvalue weighted by Gasteiger charge is 2.16. The van der Waals surface area contributed by atoms with Gasteiger partial charge in [-0.1, -0.05) is 11.8 Å². The molecule has 0 saturated carbocycles.